The number of carbonyl (C=O) groups is 2. The molecule has 0 bridgehead atoms. The molecule has 3 aromatic rings. The molecule has 6 heteroatoms. The monoisotopic (exact) mass is 404 g/mol. The summed E-state index contributed by atoms with van der Waals surface area (Å²) in [4.78, 5) is 29.9. The Balaban J connectivity index is 1.75. The first kappa shape index (κ1) is 19.9. The lowest BCUT2D eigenvalue weighted by atomic mass is 9.86. The maximum absolute atomic E-state index is 13.1. The highest BCUT2D eigenvalue weighted by atomic mass is 16.5. The number of carbonyl (C=O) groups excluding carboxylic acids is 2. The Morgan fingerprint density at radius 1 is 1.20 bits per heavy atom. The molecule has 0 atom stereocenters. The second-order valence-electron chi connectivity index (χ2n) is 7.67. The van der Waals surface area contributed by atoms with E-state index >= 15 is 0 Å². The number of aromatic nitrogens is 1. The Bertz CT molecular complexity index is 1110. The SMILES string of the molecule is CC(C)NC(=O)COC(=O)c1c2c(nc3ccccc13)/C(=C/c1ccco1)CCC2. The van der Waals surface area contributed by atoms with E-state index in [9.17, 15) is 9.59 Å². The normalized spacial score (nSPS) is 14.7. The zero-order valence-electron chi connectivity index (χ0n) is 17.1. The Labute approximate surface area is 174 Å². The minimum Gasteiger partial charge on any atom is -0.465 e. The number of benzene rings is 1. The molecule has 6 nitrogen and oxygen atoms in total. The molecule has 0 radical (unpaired) electrons. The number of para-hydroxylation sites is 1. The van der Waals surface area contributed by atoms with Crippen LogP contribution in [0.1, 0.15) is 54.1 Å². The van der Waals surface area contributed by atoms with Crippen LogP contribution in [-0.2, 0) is 16.0 Å². The highest BCUT2D eigenvalue weighted by molar-refractivity contribution is 6.07. The molecule has 0 unspecified atom stereocenters. The lowest BCUT2D eigenvalue weighted by molar-refractivity contribution is -0.124. The van der Waals surface area contributed by atoms with Crippen LogP contribution in [0.2, 0.25) is 0 Å². The van der Waals surface area contributed by atoms with Gasteiger partial charge in [0.05, 0.1) is 23.0 Å². The highest BCUT2D eigenvalue weighted by Gasteiger charge is 2.26. The summed E-state index contributed by atoms with van der Waals surface area (Å²) in [5.41, 5.74) is 3.92. The second-order valence-corrected chi connectivity index (χ2v) is 7.67. The summed E-state index contributed by atoms with van der Waals surface area (Å²) in [5.74, 6) is -0.0609. The van der Waals surface area contributed by atoms with Gasteiger partial charge in [-0.05, 0) is 68.5 Å². The van der Waals surface area contributed by atoms with Crippen LogP contribution in [0, 0.1) is 0 Å². The third-order valence-electron chi connectivity index (χ3n) is 5.02. The number of allylic oxidation sites excluding steroid dienone is 1. The number of nitrogens with zero attached hydrogens (tertiary/aromatic N) is 1. The van der Waals surface area contributed by atoms with E-state index in [1.807, 2.05) is 56.3 Å². The number of amides is 1. The second kappa shape index (κ2) is 8.53. The Hall–Kier alpha value is -3.41. The fraction of sp³-hybridized carbons (Fsp3) is 0.292. The quantitative estimate of drug-likeness (QED) is 0.638. The van der Waals surface area contributed by atoms with Crippen molar-refractivity contribution in [3.05, 3.63) is 65.2 Å². The van der Waals surface area contributed by atoms with E-state index in [1.165, 1.54) is 0 Å². The van der Waals surface area contributed by atoms with Gasteiger partial charge in [0, 0.05) is 11.4 Å². The van der Waals surface area contributed by atoms with Gasteiger partial charge in [-0.1, -0.05) is 18.2 Å². The van der Waals surface area contributed by atoms with Gasteiger partial charge in [0.25, 0.3) is 5.91 Å². The van der Waals surface area contributed by atoms with Crippen LogP contribution >= 0.6 is 0 Å². The number of nitrogens with one attached hydrogen (secondary N) is 1. The van der Waals surface area contributed by atoms with Gasteiger partial charge in [-0.15, -0.1) is 0 Å². The van der Waals surface area contributed by atoms with E-state index in [2.05, 4.69) is 5.32 Å². The third kappa shape index (κ3) is 4.13. The number of rotatable bonds is 5. The van der Waals surface area contributed by atoms with E-state index in [1.54, 1.807) is 6.26 Å². The van der Waals surface area contributed by atoms with Crippen LogP contribution in [0.5, 0.6) is 0 Å². The highest BCUT2D eigenvalue weighted by Crippen LogP contribution is 2.36. The molecule has 30 heavy (non-hydrogen) atoms. The van der Waals surface area contributed by atoms with Crippen molar-refractivity contribution in [3.63, 3.8) is 0 Å². The van der Waals surface area contributed by atoms with Crippen LogP contribution in [0.3, 0.4) is 0 Å². The molecule has 154 valence electrons. The molecule has 1 N–H and O–H groups in total. The minimum atomic E-state index is -0.497. The van der Waals surface area contributed by atoms with Gasteiger partial charge in [0.1, 0.15) is 5.76 Å². The Morgan fingerprint density at radius 3 is 2.80 bits per heavy atom. The van der Waals surface area contributed by atoms with Crippen molar-refractivity contribution in [2.75, 3.05) is 6.61 Å². The fourth-order valence-corrected chi connectivity index (χ4v) is 3.82. The Morgan fingerprint density at radius 2 is 2.03 bits per heavy atom. The predicted octanol–water partition coefficient (Wildman–Crippen LogP) is 4.39. The van der Waals surface area contributed by atoms with Gasteiger partial charge in [-0.2, -0.15) is 0 Å². The number of esters is 1. The number of hydrogen-bond donors (Lipinski definition) is 1. The smallest absolute Gasteiger partial charge is 0.339 e. The molecule has 2 heterocycles. The molecule has 0 spiro atoms. The summed E-state index contributed by atoms with van der Waals surface area (Å²) in [5, 5.41) is 3.47. The summed E-state index contributed by atoms with van der Waals surface area (Å²) >= 11 is 0. The molecule has 1 aromatic carbocycles. The van der Waals surface area contributed by atoms with E-state index < -0.39 is 5.97 Å². The first-order valence-corrected chi connectivity index (χ1v) is 10.2. The topological polar surface area (TPSA) is 81.4 Å². The molecule has 1 aliphatic rings. The summed E-state index contributed by atoms with van der Waals surface area (Å²) in [6.07, 6.45) is 6.09. The van der Waals surface area contributed by atoms with E-state index in [4.69, 9.17) is 14.1 Å². The van der Waals surface area contributed by atoms with Crippen LogP contribution in [-0.4, -0.2) is 29.5 Å². The van der Waals surface area contributed by atoms with Gasteiger partial charge >= 0.3 is 5.97 Å². The van der Waals surface area contributed by atoms with Crippen molar-refractivity contribution in [2.24, 2.45) is 0 Å². The molecule has 2 aromatic heterocycles. The van der Waals surface area contributed by atoms with Crippen molar-refractivity contribution < 1.29 is 18.7 Å². The number of pyridine rings is 1. The van der Waals surface area contributed by atoms with Gasteiger partial charge in [0.2, 0.25) is 0 Å². The van der Waals surface area contributed by atoms with Crippen LogP contribution in [0.4, 0.5) is 0 Å². The van der Waals surface area contributed by atoms with E-state index in [-0.39, 0.29) is 18.6 Å². The first-order valence-electron chi connectivity index (χ1n) is 10.2. The molecule has 1 aliphatic carbocycles. The summed E-state index contributed by atoms with van der Waals surface area (Å²) in [6, 6.07) is 11.3. The maximum Gasteiger partial charge on any atom is 0.339 e. The minimum absolute atomic E-state index is 0.0139. The maximum atomic E-state index is 13.1. The largest absolute Gasteiger partial charge is 0.465 e. The van der Waals surface area contributed by atoms with Gasteiger partial charge < -0.3 is 14.5 Å². The predicted molar refractivity (Wildman–Crippen MR) is 115 cm³/mol. The Kier molecular flexibility index (Phi) is 5.65. The number of hydrogen-bond acceptors (Lipinski definition) is 5. The number of ether oxygens (including phenoxy) is 1. The molecular formula is C24H24N2O4. The van der Waals surface area contributed by atoms with Crippen LogP contribution in [0.25, 0.3) is 22.6 Å². The number of fused-ring (bicyclic) bond motifs is 2. The molecule has 4 rings (SSSR count). The van der Waals surface area contributed by atoms with Gasteiger partial charge in [-0.25, -0.2) is 9.78 Å². The van der Waals surface area contributed by atoms with Crippen molar-refractivity contribution in [3.8, 4) is 0 Å². The summed E-state index contributed by atoms with van der Waals surface area (Å²) in [6.45, 7) is 3.41. The summed E-state index contributed by atoms with van der Waals surface area (Å²) in [7, 11) is 0. The molecule has 1 amide bonds. The third-order valence-corrected chi connectivity index (χ3v) is 5.02. The van der Waals surface area contributed by atoms with Gasteiger partial charge in [0.15, 0.2) is 6.61 Å². The molecule has 0 fully saturated rings. The summed E-state index contributed by atoms with van der Waals surface area (Å²) < 4.78 is 10.9. The average molecular weight is 404 g/mol. The molecule has 0 saturated heterocycles. The van der Waals surface area contributed by atoms with Crippen molar-refractivity contribution in [1.82, 2.24) is 10.3 Å². The lowest BCUT2D eigenvalue weighted by Gasteiger charge is -2.22. The fourth-order valence-electron chi connectivity index (χ4n) is 3.82. The van der Waals surface area contributed by atoms with Gasteiger partial charge in [-0.3, -0.25) is 4.79 Å². The molecular weight excluding hydrogens is 380 g/mol. The number of furan rings is 1. The molecule has 0 aliphatic heterocycles. The van der Waals surface area contributed by atoms with Crippen molar-refractivity contribution in [1.29, 1.82) is 0 Å². The zero-order chi connectivity index (χ0) is 21.1. The van der Waals surface area contributed by atoms with Crippen molar-refractivity contribution >= 4 is 34.4 Å². The standard InChI is InChI=1S/C24H24N2O4/c1-15(2)25-21(27)14-30-24(28)22-18-9-3-4-11-20(18)26-23-16(7-5-10-19(22)23)13-17-8-6-12-29-17/h3-4,6,8-9,11-13,15H,5,7,10,14H2,1-2H3,(H,25,27)/b16-13+. The zero-order valence-corrected chi connectivity index (χ0v) is 17.1. The van der Waals surface area contributed by atoms with E-state index in [0.717, 1.165) is 52.8 Å². The van der Waals surface area contributed by atoms with E-state index in [0.29, 0.717) is 5.56 Å². The lowest BCUT2D eigenvalue weighted by Crippen LogP contribution is -2.34. The van der Waals surface area contributed by atoms with Crippen LogP contribution < -0.4 is 5.32 Å². The molecule has 0 saturated carbocycles. The average Bonchev–Trinajstić information content (AvgIpc) is 3.23. The van der Waals surface area contributed by atoms with Crippen molar-refractivity contribution in [2.45, 2.75) is 39.2 Å². The van der Waals surface area contributed by atoms with Crippen LogP contribution in [0.15, 0.2) is 47.1 Å². The first-order chi connectivity index (χ1) is 14.5.